The average molecular weight is 610 g/mol. The van der Waals surface area contributed by atoms with Crippen LogP contribution in [0.4, 0.5) is 5.69 Å². The normalized spacial score (nSPS) is 20.3. The predicted octanol–water partition coefficient (Wildman–Crippen LogP) is 6.05. The molecular formula is C37H43N3O5. The zero-order valence-electron chi connectivity index (χ0n) is 25.9. The zero-order valence-corrected chi connectivity index (χ0v) is 25.9. The molecule has 1 aliphatic carbocycles. The highest BCUT2D eigenvalue weighted by Crippen LogP contribution is 2.52. The Hall–Kier alpha value is -3.72. The number of Topliss-reactive ketones (excluding diaryl/α,β-unsaturated/α-hetero) is 1. The van der Waals surface area contributed by atoms with E-state index in [0.717, 1.165) is 112 Å². The number of hydrogen-bond donors (Lipinski definition) is 2. The molecule has 0 spiro atoms. The number of allylic oxidation sites excluding steroid dienone is 1. The molecule has 4 aliphatic rings. The van der Waals surface area contributed by atoms with E-state index in [9.17, 15) is 9.59 Å². The fourth-order valence-corrected chi connectivity index (χ4v) is 7.27. The van der Waals surface area contributed by atoms with Crippen LogP contribution in [0.2, 0.25) is 0 Å². The molecule has 1 unspecified atom stereocenters. The number of carbonyl (C=O) groups excluding carboxylic acids is 2. The number of ketones is 1. The minimum atomic E-state index is -0.292. The maximum absolute atomic E-state index is 13.9. The summed E-state index contributed by atoms with van der Waals surface area (Å²) in [7, 11) is 0. The molecule has 8 heteroatoms. The van der Waals surface area contributed by atoms with Gasteiger partial charge in [-0.3, -0.25) is 14.5 Å². The van der Waals surface area contributed by atoms with Crippen LogP contribution in [0.3, 0.4) is 0 Å². The van der Waals surface area contributed by atoms with E-state index in [1.54, 1.807) is 0 Å². The van der Waals surface area contributed by atoms with Gasteiger partial charge in [-0.1, -0.05) is 30.3 Å². The Morgan fingerprint density at radius 1 is 0.911 bits per heavy atom. The second-order valence-corrected chi connectivity index (χ2v) is 12.7. The van der Waals surface area contributed by atoms with Crippen molar-refractivity contribution in [3.05, 3.63) is 76.9 Å². The van der Waals surface area contributed by atoms with Crippen molar-refractivity contribution in [2.45, 2.75) is 44.4 Å². The standard InChI is InChI=1S/C37H43N3O5/c41-35-28-11-12-32(38-14-15-40-16-20-44-21-17-40)36-34(28)30(29-22-26-9-1-2-10-27(26)23-33(29)45-36)24-31(35)37(42)39-13-3-6-25-7-4-18-43-19-5-8-25/h1-2,9-12,22-25,30,38H,3-8,13-21H2,(H,39,42). The Bertz CT molecular complexity index is 1590. The first-order chi connectivity index (χ1) is 22.2. The smallest absolute Gasteiger partial charge is 0.254 e. The molecule has 2 N–H and O–H groups in total. The number of carbonyl (C=O) groups is 2. The molecule has 0 aromatic heterocycles. The number of morpholine rings is 1. The van der Waals surface area contributed by atoms with Gasteiger partial charge in [-0.15, -0.1) is 0 Å². The second-order valence-electron chi connectivity index (χ2n) is 12.7. The Balaban J connectivity index is 1.13. The van der Waals surface area contributed by atoms with Gasteiger partial charge in [-0.2, -0.15) is 0 Å². The number of fused-ring (bicyclic) bond motifs is 3. The van der Waals surface area contributed by atoms with Crippen LogP contribution in [0.15, 0.2) is 60.2 Å². The van der Waals surface area contributed by atoms with E-state index in [-0.39, 0.29) is 23.2 Å². The van der Waals surface area contributed by atoms with Crippen LogP contribution in [0, 0.1) is 5.92 Å². The maximum atomic E-state index is 13.9. The summed E-state index contributed by atoms with van der Waals surface area (Å²) in [4.78, 5) is 29.8. The number of rotatable bonds is 9. The molecule has 0 saturated carbocycles. The highest BCUT2D eigenvalue weighted by Gasteiger charge is 2.38. The van der Waals surface area contributed by atoms with Crippen molar-refractivity contribution < 1.29 is 23.8 Å². The second kappa shape index (κ2) is 13.7. The van der Waals surface area contributed by atoms with Gasteiger partial charge in [-0.05, 0) is 79.5 Å². The van der Waals surface area contributed by atoms with E-state index >= 15 is 0 Å². The van der Waals surface area contributed by atoms with Gasteiger partial charge in [-0.25, -0.2) is 0 Å². The lowest BCUT2D eigenvalue weighted by atomic mass is 9.76. The summed E-state index contributed by atoms with van der Waals surface area (Å²) in [5.74, 6) is 1.31. The summed E-state index contributed by atoms with van der Waals surface area (Å²) in [5, 5.41) is 8.83. The van der Waals surface area contributed by atoms with Gasteiger partial charge >= 0.3 is 0 Å². The topological polar surface area (TPSA) is 89.1 Å². The van der Waals surface area contributed by atoms with E-state index in [1.807, 2.05) is 30.3 Å². The molecule has 3 aromatic carbocycles. The highest BCUT2D eigenvalue weighted by atomic mass is 16.5. The molecule has 8 nitrogen and oxygen atoms in total. The first kappa shape index (κ1) is 30.0. The molecule has 2 fully saturated rings. The van der Waals surface area contributed by atoms with Gasteiger partial charge in [0.1, 0.15) is 5.75 Å². The van der Waals surface area contributed by atoms with Gasteiger partial charge in [0, 0.05) is 68.5 Å². The van der Waals surface area contributed by atoms with Crippen LogP contribution in [0.25, 0.3) is 10.8 Å². The molecular weight excluding hydrogens is 566 g/mol. The molecule has 45 heavy (non-hydrogen) atoms. The van der Waals surface area contributed by atoms with Crippen LogP contribution in [-0.2, 0) is 14.3 Å². The third kappa shape index (κ3) is 6.50. The summed E-state index contributed by atoms with van der Waals surface area (Å²) >= 11 is 0. The fraction of sp³-hybridized carbons (Fsp3) is 0.459. The molecule has 0 bridgehead atoms. The molecule has 1 atom stereocenters. The Morgan fingerprint density at radius 3 is 2.47 bits per heavy atom. The largest absolute Gasteiger partial charge is 0.454 e. The summed E-state index contributed by atoms with van der Waals surface area (Å²) < 4.78 is 17.7. The first-order valence-electron chi connectivity index (χ1n) is 16.7. The van der Waals surface area contributed by atoms with Crippen molar-refractivity contribution in [2.24, 2.45) is 5.92 Å². The summed E-state index contributed by atoms with van der Waals surface area (Å²) in [6, 6.07) is 16.2. The van der Waals surface area contributed by atoms with Gasteiger partial charge in [0.25, 0.3) is 5.91 Å². The zero-order chi connectivity index (χ0) is 30.6. The third-order valence-corrected chi connectivity index (χ3v) is 9.72. The van der Waals surface area contributed by atoms with Crippen molar-refractivity contribution in [2.75, 3.05) is 64.5 Å². The number of nitrogens with zero attached hydrogens (tertiary/aromatic N) is 1. The van der Waals surface area contributed by atoms with Gasteiger partial charge in [0.05, 0.1) is 24.5 Å². The third-order valence-electron chi connectivity index (χ3n) is 9.72. The quantitative estimate of drug-likeness (QED) is 0.226. The van der Waals surface area contributed by atoms with E-state index in [1.165, 1.54) is 12.8 Å². The SMILES string of the molecule is O=C(NCCCC1CCCOCCC1)C1=CC2c3cc4ccccc4cc3Oc3c(NCCN4CCOCC4)ccc(c32)C1=O. The van der Waals surface area contributed by atoms with Crippen LogP contribution in [0.5, 0.6) is 11.5 Å². The molecule has 3 heterocycles. The molecule has 7 rings (SSSR count). The van der Waals surface area contributed by atoms with Crippen molar-refractivity contribution in [3.8, 4) is 11.5 Å². The van der Waals surface area contributed by atoms with Crippen LogP contribution in [-0.4, -0.2) is 75.7 Å². The number of hydrogen-bond acceptors (Lipinski definition) is 7. The number of ether oxygens (including phenoxy) is 3. The molecule has 3 aromatic rings. The van der Waals surface area contributed by atoms with E-state index in [4.69, 9.17) is 14.2 Å². The maximum Gasteiger partial charge on any atom is 0.254 e. The molecule has 1 amide bonds. The Labute approximate surface area is 265 Å². The summed E-state index contributed by atoms with van der Waals surface area (Å²) in [6.07, 6.45) is 8.43. The van der Waals surface area contributed by atoms with Gasteiger partial charge < -0.3 is 24.8 Å². The van der Waals surface area contributed by atoms with Gasteiger partial charge in [0.2, 0.25) is 0 Å². The fourth-order valence-electron chi connectivity index (χ4n) is 7.27. The van der Waals surface area contributed by atoms with Crippen molar-refractivity contribution in [1.29, 1.82) is 0 Å². The number of benzene rings is 3. The number of anilines is 1. The Kier molecular flexibility index (Phi) is 9.14. The van der Waals surface area contributed by atoms with Gasteiger partial charge in [0.15, 0.2) is 11.5 Å². The molecule has 0 radical (unpaired) electrons. The number of amides is 1. The van der Waals surface area contributed by atoms with Crippen LogP contribution in [0.1, 0.15) is 65.9 Å². The van der Waals surface area contributed by atoms with Crippen molar-refractivity contribution in [1.82, 2.24) is 10.2 Å². The predicted molar refractivity (Wildman–Crippen MR) is 175 cm³/mol. The average Bonchev–Trinajstić information content (AvgIpc) is 3.05. The van der Waals surface area contributed by atoms with Crippen LogP contribution >= 0.6 is 0 Å². The molecule has 2 saturated heterocycles. The lowest BCUT2D eigenvalue weighted by Gasteiger charge is -2.33. The molecule has 236 valence electrons. The number of nitrogens with one attached hydrogen (secondary N) is 2. The minimum Gasteiger partial charge on any atom is -0.454 e. The first-order valence-corrected chi connectivity index (χ1v) is 16.7. The van der Waals surface area contributed by atoms with Crippen molar-refractivity contribution >= 4 is 28.2 Å². The van der Waals surface area contributed by atoms with E-state index in [2.05, 4.69) is 39.8 Å². The van der Waals surface area contributed by atoms with Crippen LogP contribution < -0.4 is 15.4 Å². The summed E-state index contributed by atoms with van der Waals surface area (Å²) in [6.45, 7) is 7.29. The van der Waals surface area contributed by atoms with E-state index < -0.39 is 0 Å². The monoisotopic (exact) mass is 609 g/mol. The lowest BCUT2D eigenvalue weighted by Crippen LogP contribution is -2.39. The minimum absolute atomic E-state index is 0.218. The Morgan fingerprint density at radius 2 is 1.67 bits per heavy atom. The molecule has 3 aliphatic heterocycles. The summed E-state index contributed by atoms with van der Waals surface area (Å²) in [5.41, 5.74) is 3.43. The highest BCUT2D eigenvalue weighted by molar-refractivity contribution is 6.27. The van der Waals surface area contributed by atoms with Crippen molar-refractivity contribution in [3.63, 3.8) is 0 Å². The van der Waals surface area contributed by atoms with E-state index in [0.29, 0.717) is 23.8 Å². The lowest BCUT2D eigenvalue weighted by molar-refractivity contribution is -0.117.